The number of benzene rings is 2. The smallest absolute Gasteiger partial charge is 0.417 e. The van der Waals surface area contributed by atoms with Gasteiger partial charge in [-0.2, -0.15) is 0 Å². The number of hydrogen-bond acceptors (Lipinski definition) is 3. The molecule has 5 heteroatoms. The number of halogens is 1. The number of imide groups is 1. The molecule has 0 radical (unpaired) electrons. The second-order valence-electron chi connectivity index (χ2n) is 7.77. The van der Waals surface area contributed by atoms with Crippen LogP contribution in [0.2, 0.25) is 5.02 Å². The van der Waals surface area contributed by atoms with E-state index in [1.165, 1.54) is 4.90 Å². The topological polar surface area (TPSA) is 46.6 Å². The van der Waals surface area contributed by atoms with E-state index < -0.39 is 23.2 Å². The fourth-order valence-electron chi connectivity index (χ4n) is 3.77. The molecule has 2 aromatic rings. The van der Waals surface area contributed by atoms with Crippen molar-refractivity contribution in [1.82, 2.24) is 4.90 Å². The molecular formula is C22H24ClNO3. The molecule has 0 bridgehead atoms. The Morgan fingerprint density at radius 2 is 1.70 bits per heavy atom. The molecule has 2 aromatic carbocycles. The van der Waals surface area contributed by atoms with Crippen LogP contribution in [-0.4, -0.2) is 22.5 Å². The van der Waals surface area contributed by atoms with Gasteiger partial charge in [0.2, 0.25) is 5.91 Å². The van der Waals surface area contributed by atoms with Crippen molar-refractivity contribution in [3.8, 4) is 0 Å². The van der Waals surface area contributed by atoms with E-state index in [2.05, 4.69) is 0 Å². The van der Waals surface area contributed by atoms with E-state index in [1.807, 2.05) is 55.5 Å². The third kappa shape index (κ3) is 3.23. The average Bonchev–Trinajstić information content (AvgIpc) is 2.60. The fourth-order valence-corrected chi connectivity index (χ4v) is 4.01. The van der Waals surface area contributed by atoms with Crippen molar-refractivity contribution in [2.45, 2.75) is 51.2 Å². The van der Waals surface area contributed by atoms with Crippen molar-refractivity contribution >= 4 is 23.6 Å². The van der Waals surface area contributed by atoms with Gasteiger partial charge in [0.25, 0.3) is 0 Å². The standard InChI is InChI=1S/C22H24ClNO3/c1-5-22(15-11-7-6-8-12-15)18(16-13-9-10-14-17(16)23)24(19(22)25)20(26)27-21(2,3)4/h6-14,18H,5H2,1-4H3/t18-,22+/m1/s1. The van der Waals surface area contributed by atoms with Gasteiger partial charge in [-0.15, -0.1) is 0 Å². The average molecular weight is 386 g/mol. The molecule has 2 amide bonds. The maximum atomic E-state index is 13.3. The van der Waals surface area contributed by atoms with Crippen molar-refractivity contribution in [1.29, 1.82) is 0 Å². The third-order valence-electron chi connectivity index (χ3n) is 4.96. The van der Waals surface area contributed by atoms with Crippen LogP contribution < -0.4 is 0 Å². The number of amides is 2. The van der Waals surface area contributed by atoms with E-state index >= 15 is 0 Å². The fraction of sp³-hybridized carbons (Fsp3) is 0.364. The molecule has 0 saturated carbocycles. The monoisotopic (exact) mass is 385 g/mol. The molecule has 142 valence electrons. The molecule has 1 fully saturated rings. The van der Waals surface area contributed by atoms with Crippen molar-refractivity contribution < 1.29 is 14.3 Å². The number of likely N-dealkylation sites (tertiary alicyclic amines) is 1. The number of carbonyl (C=O) groups excluding carboxylic acids is 2. The van der Waals surface area contributed by atoms with Crippen LogP contribution in [0.25, 0.3) is 0 Å². The van der Waals surface area contributed by atoms with Gasteiger partial charge in [-0.05, 0) is 44.4 Å². The minimum Gasteiger partial charge on any atom is -0.443 e. The molecule has 3 rings (SSSR count). The summed E-state index contributed by atoms with van der Waals surface area (Å²) in [6.07, 6.45) is -0.0946. The number of nitrogens with zero attached hydrogens (tertiary/aromatic N) is 1. The summed E-state index contributed by atoms with van der Waals surface area (Å²) in [4.78, 5) is 27.4. The molecule has 1 aliphatic heterocycles. The first kappa shape index (κ1) is 19.4. The Morgan fingerprint density at radius 1 is 1.11 bits per heavy atom. The summed E-state index contributed by atoms with van der Waals surface area (Å²) in [6.45, 7) is 7.30. The Morgan fingerprint density at radius 3 is 2.26 bits per heavy atom. The minimum atomic E-state index is -0.844. The summed E-state index contributed by atoms with van der Waals surface area (Å²) < 4.78 is 5.50. The van der Waals surface area contributed by atoms with Crippen LogP contribution in [0, 0.1) is 0 Å². The van der Waals surface area contributed by atoms with Crippen molar-refractivity contribution in [3.05, 3.63) is 70.7 Å². The second-order valence-corrected chi connectivity index (χ2v) is 8.18. The maximum absolute atomic E-state index is 13.3. The molecule has 27 heavy (non-hydrogen) atoms. The van der Waals surface area contributed by atoms with Gasteiger partial charge in [0.15, 0.2) is 0 Å². The predicted molar refractivity (Wildman–Crippen MR) is 106 cm³/mol. The van der Waals surface area contributed by atoms with Crippen LogP contribution in [0.3, 0.4) is 0 Å². The zero-order valence-corrected chi connectivity index (χ0v) is 16.8. The van der Waals surface area contributed by atoms with Gasteiger partial charge < -0.3 is 4.74 Å². The summed E-state index contributed by atoms with van der Waals surface area (Å²) in [5.41, 5.74) is 0.0838. The van der Waals surface area contributed by atoms with Crippen LogP contribution in [0.1, 0.15) is 51.3 Å². The SMILES string of the molecule is CC[C@@]1(c2ccccc2)C(=O)N(C(=O)OC(C)(C)C)[C@@H]1c1ccccc1Cl. The molecule has 4 nitrogen and oxygen atoms in total. The molecule has 1 aliphatic rings. The number of carbonyl (C=O) groups is 2. The minimum absolute atomic E-state index is 0.254. The normalized spacial score (nSPS) is 22.3. The lowest BCUT2D eigenvalue weighted by atomic mass is 9.62. The Bertz CT molecular complexity index is 859. The lowest BCUT2D eigenvalue weighted by molar-refractivity contribution is -0.159. The van der Waals surface area contributed by atoms with E-state index in [1.54, 1.807) is 26.8 Å². The highest BCUT2D eigenvalue weighted by Gasteiger charge is 2.64. The van der Waals surface area contributed by atoms with Crippen molar-refractivity contribution in [2.24, 2.45) is 0 Å². The summed E-state index contributed by atoms with van der Waals surface area (Å²) >= 11 is 6.46. The lowest BCUT2D eigenvalue weighted by Gasteiger charge is -2.55. The second kappa shape index (κ2) is 7.01. The summed E-state index contributed by atoms with van der Waals surface area (Å²) in [5.74, 6) is -0.254. The zero-order valence-electron chi connectivity index (χ0n) is 16.0. The first-order chi connectivity index (χ1) is 12.7. The molecule has 0 aliphatic carbocycles. The van der Waals surface area contributed by atoms with E-state index in [-0.39, 0.29) is 5.91 Å². The highest BCUT2D eigenvalue weighted by atomic mass is 35.5. The van der Waals surface area contributed by atoms with E-state index in [0.29, 0.717) is 11.4 Å². The number of β-lactam (4-membered cyclic amide) rings is 1. The number of hydrogen-bond donors (Lipinski definition) is 0. The van der Waals surface area contributed by atoms with E-state index in [0.717, 1.165) is 11.1 Å². The van der Waals surface area contributed by atoms with Crippen LogP contribution in [-0.2, 0) is 14.9 Å². The first-order valence-electron chi connectivity index (χ1n) is 9.09. The quantitative estimate of drug-likeness (QED) is 0.655. The van der Waals surface area contributed by atoms with Gasteiger partial charge in [-0.3, -0.25) is 4.79 Å². The predicted octanol–water partition coefficient (Wildman–Crippen LogP) is 5.51. The summed E-state index contributed by atoms with van der Waals surface area (Å²) in [6, 6.07) is 16.4. The van der Waals surface area contributed by atoms with Gasteiger partial charge in [0, 0.05) is 5.02 Å². The van der Waals surface area contributed by atoms with Crippen LogP contribution in [0.5, 0.6) is 0 Å². The van der Waals surface area contributed by atoms with Gasteiger partial charge in [0.05, 0.1) is 11.5 Å². The van der Waals surface area contributed by atoms with Crippen LogP contribution in [0.15, 0.2) is 54.6 Å². The molecule has 1 heterocycles. The van der Waals surface area contributed by atoms with Crippen molar-refractivity contribution in [2.75, 3.05) is 0 Å². The largest absolute Gasteiger partial charge is 0.443 e. The zero-order chi connectivity index (χ0) is 19.8. The van der Waals surface area contributed by atoms with Crippen LogP contribution >= 0.6 is 11.6 Å². The molecule has 2 atom stereocenters. The summed E-state index contributed by atoms with van der Waals surface area (Å²) in [5, 5.41) is 0.525. The van der Waals surface area contributed by atoms with Crippen LogP contribution in [0.4, 0.5) is 4.79 Å². The van der Waals surface area contributed by atoms with Gasteiger partial charge >= 0.3 is 6.09 Å². The Hall–Kier alpha value is -2.33. The molecule has 0 unspecified atom stereocenters. The number of ether oxygens (including phenoxy) is 1. The first-order valence-corrected chi connectivity index (χ1v) is 9.46. The van der Waals surface area contributed by atoms with Gasteiger partial charge in [-0.1, -0.05) is 67.1 Å². The molecule has 0 N–H and O–H groups in total. The van der Waals surface area contributed by atoms with Gasteiger partial charge in [0.1, 0.15) is 5.60 Å². The molecule has 0 spiro atoms. The number of rotatable bonds is 3. The van der Waals surface area contributed by atoms with E-state index in [4.69, 9.17) is 16.3 Å². The molecule has 1 saturated heterocycles. The summed E-state index contributed by atoms with van der Waals surface area (Å²) in [7, 11) is 0. The Balaban J connectivity index is 2.13. The van der Waals surface area contributed by atoms with E-state index in [9.17, 15) is 9.59 Å². The lowest BCUT2D eigenvalue weighted by Crippen LogP contribution is -2.68. The Labute approximate surface area is 165 Å². The highest BCUT2D eigenvalue weighted by Crippen LogP contribution is 2.55. The maximum Gasteiger partial charge on any atom is 0.417 e. The molecule has 0 aromatic heterocycles. The third-order valence-corrected chi connectivity index (χ3v) is 5.31. The van der Waals surface area contributed by atoms with Gasteiger partial charge in [-0.25, -0.2) is 9.69 Å². The Kier molecular flexibility index (Phi) is 5.04. The highest BCUT2D eigenvalue weighted by molar-refractivity contribution is 6.31. The van der Waals surface area contributed by atoms with Crippen molar-refractivity contribution in [3.63, 3.8) is 0 Å². The molecular weight excluding hydrogens is 362 g/mol.